The summed E-state index contributed by atoms with van der Waals surface area (Å²) in [5.41, 5.74) is 0.415. The second kappa shape index (κ2) is 7.64. The summed E-state index contributed by atoms with van der Waals surface area (Å²) in [6, 6.07) is 3.13. The van der Waals surface area contributed by atoms with Crippen molar-refractivity contribution in [2.24, 2.45) is 0 Å². The van der Waals surface area contributed by atoms with Crippen LogP contribution in [0.2, 0.25) is 0 Å². The molecule has 2 heterocycles. The lowest BCUT2D eigenvalue weighted by Gasteiger charge is -2.36. The predicted molar refractivity (Wildman–Crippen MR) is 91.4 cm³/mol. The fraction of sp³-hybridized carbons (Fsp3) is 0.611. The van der Waals surface area contributed by atoms with Crippen LogP contribution in [0.25, 0.3) is 0 Å². The standard InChI is InChI=1S/C18H27N3O3/c1-13(14-8-10-19-11-9-14)20-16(22)15-7-5-6-12-21(15)17(23)24-18(2,3)4/h8-11,13,15H,5-7,12H2,1-4H3,(H,20,22)/t13-,15-/m1/s1. The number of amides is 2. The number of ether oxygens (including phenoxy) is 1. The van der Waals surface area contributed by atoms with Gasteiger partial charge in [0.1, 0.15) is 11.6 Å². The number of aromatic nitrogens is 1. The fourth-order valence-corrected chi connectivity index (χ4v) is 2.79. The Labute approximate surface area is 143 Å². The number of piperidine rings is 1. The Morgan fingerprint density at radius 3 is 2.58 bits per heavy atom. The molecule has 1 fully saturated rings. The van der Waals surface area contributed by atoms with Crippen LogP contribution in [-0.2, 0) is 9.53 Å². The molecular formula is C18H27N3O3. The predicted octanol–water partition coefficient (Wildman–Crippen LogP) is 3.05. The number of nitrogens with zero attached hydrogens (tertiary/aromatic N) is 2. The number of carbonyl (C=O) groups is 2. The molecule has 0 spiro atoms. The van der Waals surface area contributed by atoms with Gasteiger partial charge >= 0.3 is 6.09 Å². The number of nitrogens with one attached hydrogen (secondary N) is 1. The van der Waals surface area contributed by atoms with Gasteiger partial charge in [-0.15, -0.1) is 0 Å². The van der Waals surface area contributed by atoms with Crippen molar-refractivity contribution < 1.29 is 14.3 Å². The van der Waals surface area contributed by atoms with E-state index in [0.717, 1.165) is 18.4 Å². The van der Waals surface area contributed by atoms with Crippen LogP contribution in [0, 0.1) is 0 Å². The summed E-state index contributed by atoms with van der Waals surface area (Å²) < 4.78 is 5.45. The van der Waals surface area contributed by atoms with E-state index in [-0.39, 0.29) is 11.9 Å². The van der Waals surface area contributed by atoms with Crippen molar-refractivity contribution in [2.45, 2.75) is 64.6 Å². The molecule has 2 amide bonds. The monoisotopic (exact) mass is 333 g/mol. The first-order chi connectivity index (χ1) is 11.3. The first-order valence-corrected chi connectivity index (χ1v) is 8.48. The third-order valence-electron chi connectivity index (χ3n) is 4.00. The number of hydrogen-bond acceptors (Lipinski definition) is 4. The van der Waals surface area contributed by atoms with Gasteiger partial charge in [-0.25, -0.2) is 4.79 Å². The lowest BCUT2D eigenvalue weighted by atomic mass is 10.0. The Hall–Kier alpha value is -2.11. The highest BCUT2D eigenvalue weighted by atomic mass is 16.6. The molecule has 1 aliphatic rings. The van der Waals surface area contributed by atoms with Gasteiger partial charge in [-0.1, -0.05) is 0 Å². The highest BCUT2D eigenvalue weighted by Crippen LogP contribution is 2.21. The minimum absolute atomic E-state index is 0.134. The summed E-state index contributed by atoms with van der Waals surface area (Å²) >= 11 is 0. The molecule has 1 saturated heterocycles. The second-order valence-electron chi connectivity index (χ2n) is 7.20. The van der Waals surface area contributed by atoms with Crippen molar-refractivity contribution >= 4 is 12.0 Å². The molecule has 0 bridgehead atoms. The topological polar surface area (TPSA) is 71.5 Å². The maximum Gasteiger partial charge on any atom is 0.410 e. The van der Waals surface area contributed by atoms with E-state index in [9.17, 15) is 9.59 Å². The van der Waals surface area contributed by atoms with Crippen molar-refractivity contribution in [3.63, 3.8) is 0 Å². The number of rotatable bonds is 3. The van der Waals surface area contributed by atoms with Crippen molar-refractivity contribution in [1.29, 1.82) is 0 Å². The SMILES string of the molecule is C[C@@H](NC(=O)[C@H]1CCCCN1C(=O)OC(C)(C)C)c1ccncc1. The van der Waals surface area contributed by atoms with E-state index in [1.54, 1.807) is 17.3 Å². The highest BCUT2D eigenvalue weighted by molar-refractivity contribution is 5.86. The largest absolute Gasteiger partial charge is 0.444 e. The first kappa shape index (κ1) is 18.2. The first-order valence-electron chi connectivity index (χ1n) is 8.48. The lowest BCUT2D eigenvalue weighted by molar-refractivity contribution is -0.128. The summed E-state index contributed by atoms with van der Waals surface area (Å²) in [6.07, 6.45) is 5.47. The van der Waals surface area contributed by atoms with E-state index < -0.39 is 17.7 Å². The van der Waals surface area contributed by atoms with Gasteiger partial charge in [-0.05, 0) is 64.7 Å². The van der Waals surface area contributed by atoms with Gasteiger partial charge in [0, 0.05) is 18.9 Å². The van der Waals surface area contributed by atoms with Gasteiger partial charge in [0.15, 0.2) is 0 Å². The van der Waals surface area contributed by atoms with Crippen LogP contribution in [0.4, 0.5) is 4.79 Å². The Kier molecular flexibility index (Phi) is 5.80. The molecule has 1 aromatic rings. The quantitative estimate of drug-likeness (QED) is 0.923. The lowest BCUT2D eigenvalue weighted by Crippen LogP contribution is -2.53. The summed E-state index contributed by atoms with van der Waals surface area (Å²) in [5, 5.41) is 3.00. The number of pyridine rings is 1. The van der Waals surface area contributed by atoms with Crippen molar-refractivity contribution in [2.75, 3.05) is 6.54 Å². The molecule has 2 rings (SSSR count). The number of carbonyl (C=O) groups excluding carboxylic acids is 2. The van der Waals surface area contributed by atoms with Crippen LogP contribution in [0.15, 0.2) is 24.5 Å². The summed E-state index contributed by atoms with van der Waals surface area (Å²) in [7, 11) is 0. The Balaban J connectivity index is 2.03. The maximum absolute atomic E-state index is 12.7. The van der Waals surface area contributed by atoms with Gasteiger partial charge < -0.3 is 10.1 Å². The van der Waals surface area contributed by atoms with E-state index in [2.05, 4.69) is 10.3 Å². The molecule has 0 aliphatic carbocycles. The number of likely N-dealkylation sites (tertiary alicyclic amines) is 1. The Bertz CT molecular complexity index is 569. The molecular weight excluding hydrogens is 306 g/mol. The Morgan fingerprint density at radius 1 is 1.29 bits per heavy atom. The van der Waals surface area contributed by atoms with Gasteiger partial charge in [0.05, 0.1) is 6.04 Å². The second-order valence-corrected chi connectivity index (χ2v) is 7.20. The normalized spacial score (nSPS) is 19.5. The molecule has 6 nitrogen and oxygen atoms in total. The van der Waals surface area contributed by atoms with E-state index in [1.807, 2.05) is 39.8 Å². The average Bonchev–Trinajstić information content (AvgIpc) is 2.54. The van der Waals surface area contributed by atoms with E-state index >= 15 is 0 Å². The summed E-state index contributed by atoms with van der Waals surface area (Å²) in [6.45, 7) is 7.96. The summed E-state index contributed by atoms with van der Waals surface area (Å²) in [5.74, 6) is -0.134. The molecule has 0 radical (unpaired) electrons. The molecule has 6 heteroatoms. The van der Waals surface area contributed by atoms with Crippen molar-refractivity contribution in [3.05, 3.63) is 30.1 Å². The zero-order valence-corrected chi connectivity index (χ0v) is 14.9. The van der Waals surface area contributed by atoms with Crippen LogP contribution < -0.4 is 5.32 Å². The Morgan fingerprint density at radius 2 is 1.96 bits per heavy atom. The molecule has 1 aliphatic heterocycles. The van der Waals surface area contributed by atoms with Crippen LogP contribution in [0.1, 0.15) is 58.6 Å². The molecule has 2 atom stereocenters. The minimum Gasteiger partial charge on any atom is -0.444 e. The molecule has 0 saturated carbocycles. The maximum atomic E-state index is 12.7. The fourth-order valence-electron chi connectivity index (χ4n) is 2.79. The molecule has 0 unspecified atom stereocenters. The summed E-state index contributed by atoms with van der Waals surface area (Å²) in [4.78, 5) is 30.6. The molecule has 1 N–H and O–H groups in total. The van der Waals surface area contributed by atoms with E-state index in [0.29, 0.717) is 13.0 Å². The average molecular weight is 333 g/mol. The third-order valence-corrected chi connectivity index (χ3v) is 4.00. The zero-order chi connectivity index (χ0) is 17.7. The van der Waals surface area contributed by atoms with Crippen molar-refractivity contribution in [1.82, 2.24) is 15.2 Å². The van der Waals surface area contributed by atoms with Crippen LogP contribution in [0.5, 0.6) is 0 Å². The van der Waals surface area contributed by atoms with Crippen LogP contribution in [0.3, 0.4) is 0 Å². The van der Waals surface area contributed by atoms with Gasteiger partial charge in [-0.2, -0.15) is 0 Å². The smallest absolute Gasteiger partial charge is 0.410 e. The van der Waals surface area contributed by atoms with Gasteiger partial charge in [0.25, 0.3) is 0 Å². The minimum atomic E-state index is -0.570. The van der Waals surface area contributed by atoms with E-state index in [4.69, 9.17) is 4.74 Å². The molecule has 1 aromatic heterocycles. The van der Waals surface area contributed by atoms with Crippen LogP contribution in [-0.4, -0.2) is 40.1 Å². The van der Waals surface area contributed by atoms with Gasteiger partial charge in [0.2, 0.25) is 5.91 Å². The highest BCUT2D eigenvalue weighted by Gasteiger charge is 2.35. The molecule has 132 valence electrons. The van der Waals surface area contributed by atoms with Gasteiger partial charge in [-0.3, -0.25) is 14.7 Å². The van der Waals surface area contributed by atoms with Crippen LogP contribution >= 0.6 is 0 Å². The zero-order valence-electron chi connectivity index (χ0n) is 14.9. The third kappa shape index (κ3) is 4.94. The van der Waals surface area contributed by atoms with Crippen molar-refractivity contribution in [3.8, 4) is 0 Å². The molecule has 24 heavy (non-hydrogen) atoms. The molecule has 0 aromatic carbocycles. The number of hydrogen-bond donors (Lipinski definition) is 1. The van der Waals surface area contributed by atoms with E-state index in [1.165, 1.54) is 0 Å².